The van der Waals surface area contributed by atoms with E-state index in [4.69, 9.17) is 0 Å². The van der Waals surface area contributed by atoms with Gasteiger partial charge in [-0.15, -0.1) is 0 Å². The zero-order valence-electron chi connectivity index (χ0n) is 11.2. The van der Waals surface area contributed by atoms with E-state index in [1.54, 1.807) is 6.08 Å². The van der Waals surface area contributed by atoms with Gasteiger partial charge in [0.2, 0.25) is 0 Å². The zero-order valence-corrected chi connectivity index (χ0v) is 11.2. The highest BCUT2D eigenvalue weighted by Crippen LogP contribution is 2.30. The summed E-state index contributed by atoms with van der Waals surface area (Å²) in [6.45, 7) is 1.26. The van der Waals surface area contributed by atoms with Crippen molar-refractivity contribution in [2.75, 3.05) is 11.9 Å². The number of amides is 1. The molecule has 0 unspecified atom stereocenters. The molecule has 21 heavy (non-hydrogen) atoms. The van der Waals surface area contributed by atoms with Gasteiger partial charge < -0.3 is 10.1 Å². The third-order valence-corrected chi connectivity index (χ3v) is 2.31. The first kappa shape index (κ1) is 16.7. The third-order valence-electron chi connectivity index (χ3n) is 2.31. The lowest BCUT2D eigenvalue weighted by atomic mass is 10.2. The van der Waals surface area contributed by atoms with Gasteiger partial charge in [0.25, 0.3) is 5.91 Å². The molecule has 0 aliphatic carbocycles. The first-order valence-corrected chi connectivity index (χ1v) is 6.13. The molecule has 0 saturated carbocycles. The predicted octanol–water partition coefficient (Wildman–Crippen LogP) is 3.15. The van der Waals surface area contributed by atoms with Crippen LogP contribution in [0.4, 0.5) is 18.9 Å². The van der Waals surface area contributed by atoms with Crippen LogP contribution in [0.1, 0.15) is 18.9 Å². The Morgan fingerprint density at radius 3 is 2.67 bits per heavy atom. The molecule has 1 amide bonds. The number of carbonyl (C=O) groups excluding carboxylic acids is 2. The Morgan fingerprint density at radius 2 is 2.05 bits per heavy atom. The summed E-state index contributed by atoms with van der Waals surface area (Å²) in [5, 5.41) is 2.23. The SMILES string of the molecule is CC/C=C/C(=O)OCC(=O)Nc1cccc(C(F)(F)F)c1. The van der Waals surface area contributed by atoms with Crippen molar-refractivity contribution in [2.24, 2.45) is 0 Å². The first-order valence-electron chi connectivity index (χ1n) is 6.13. The van der Waals surface area contributed by atoms with Gasteiger partial charge >= 0.3 is 12.1 Å². The quantitative estimate of drug-likeness (QED) is 0.671. The van der Waals surface area contributed by atoms with Gasteiger partial charge in [-0.3, -0.25) is 4.79 Å². The number of anilines is 1. The summed E-state index contributed by atoms with van der Waals surface area (Å²) < 4.78 is 42.1. The highest BCUT2D eigenvalue weighted by atomic mass is 19.4. The standard InChI is InChI=1S/C14H14F3NO3/c1-2-3-7-13(20)21-9-12(19)18-11-6-4-5-10(8-11)14(15,16)17/h3-8H,2,9H2,1H3,(H,18,19)/b7-3+. The normalized spacial score (nSPS) is 11.4. The second kappa shape index (κ2) is 7.47. The van der Waals surface area contributed by atoms with Crippen LogP contribution in [-0.4, -0.2) is 18.5 Å². The number of esters is 1. The van der Waals surface area contributed by atoms with E-state index < -0.39 is 30.2 Å². The van der Waals surface area contributed by atoms with Crippen molar-refractivity contribution in [3.8, 4) is 0 Å². The molecule has 0 aromatic heterocycles. The van der Waals surface area contributed by atoms with E-state index in [0.29, 0.717) is 6.42 Å². The summed E-state index contributed by atoms with van der Waals surface area (Å²) in [6, 6.07) is 4.18. The van der Waals surface area contributed by atoms with Crippen molar-refractivity contribution >= 4 is 17.6 Å². The van der Waals surface area contributed by atoms with E-state index in [1.807, 2.05) is 6.92 Å². The molecule has 1 N–H and O–H groups in total. The molecule has 0 atom stereocenters. The second-order valence-electron chi connectivity index (χ2n) is 4.05. The molecule has 114 valence electrons. The van der Waals surface area contributed by atoms with Gasteiger partial charge in [0.1, 0.15) is 0 Å². The van der Waals surface area contributed by atoms with Crippen LogP contribution < -0.4 is 5.32 Å². The molecule has 0 saturated heterocycles. The lowest BCUT2D eigenvalue weighted by Gasteiger charge is -2.09. The van der Waals surface area contributed by atoms with Crippen molar-refractivity contribution in [2.45, 2.75) is 19.5 Å². The summed E-state index contributed by atoms with van der Waals surface area (Å²) in [5.74, 6) is -1.40. The van der Waals surface area contributed by atoms with Crippen LogP contribution in [0.15, 0.2) is 36.4 Å². The molecule has 0 heterocycles. The van der Waals surface area contributed by atoms with Crippen molar-refractivity contribution < 1.29 is 27.5 Å². The topological polar surface area (TPSA) is 55.4 Å². The van der Waals surface area contributed by atoms with Crippen LogP contribution in [0.25, 0.3) is 0 Å². The number of nitrogens with one attached hydrogen (secondary N) is 1. The Balaban J connectivity index is 2.56. The highest BCUT2D eigenvalue weighted by Gasteiger charge is 2.30. The maximum atomic E-state index is 12.5. The number of halogens is 3. The van der Waals surface area contributed by atoms with Gasteiger partial charge in [0, 0.05) is 11.8 Å². The monoisotopic (exact) mass is 301 g/mol. The van der Waals surface area contributed by atoms with E-state index in [-0.39, 0.29) is 5.69 Å². The molecule has 0 bridgehead atoms. The van der Waals surface area contributed by atoms with Gasteiger partial charge in [-0.25, -0.2) is 4.79 Å². The van der Waals surface area contributed by atoms with Crippen molar-refractivity contribution in [3.63, 3.8) is 0 Å². The third kappa shape index (κ3) is 6.11. The van der Waals surface area contributed by atoms with E-state index in [9.17, 15) is 22.8 Å². The summed E-state index contributed by atoms with van der Waals surface area (Å²) in [7, 11) is 0. The maximum Gasteiger partial charge on any atom is 0.416 e. The van der Waals surface area contributed by atoms with Gasteiger partial charge in [-0.2, -0.15) is 13.2 Å². The van der Waals surface area contributed by atoms with Crippen molar-refractivity contribution in [1.82, 2.24) is 0 Å². The number of benzene rings is 1. The number of rotatable bonds is 5. The van der Waals surface area contributed by atoms with Crippen LogP contribution >= 0.6 is 0 Å². The van der Waals surface area contributed by atoms with Crippen LogP contribution in [0.5, 0.6) is 0 Å². The Kier molecular flexibility index (Phi) is 5.95. The molecule has 1 rings (SSSR count). The zero-order chi connectivity index (χ0) is 15.9. The molecule has 4 nitrogen and oxygen atoms in total. The first-order chi connectivity index (χ1) is 9.82. The van der Waals surface area contributed by atoms with Crippen LogP contribution in [0.2, 0.25) is 0 Å². The summed E-state index contributed by atoms with van der Waals surface area (Å²) in [4.78, 5) is 22.6. The number of carbonyl (C=O) groups is 2. The van der Waals surface area contributed by atoms with Crippen LogP contribution in [0.3, 0.4) is 0 Å². The van der Waals surface area contributed by atoms with E-state index >= 15 is 0 Å². The molecule has 0 radical (unpaired) electrons. The molecule has 0 aliphatic heterocycles. The highest BCUT2D eigenvalue weighted by molar-refractivity contribution is 5.93. The van der Waals surface area contributed by atoms with E-state index in [1.165, 1.54) is 18.2 Å². The van der Waals surface area contributed by atoms with Gasteiger partial charge in [-0.1, -0.05) is 19.1 Å². The largest absolute Gasteiger partial charge is 0.452 e. The Bertz CT molecular complexity index is 539. The fourth-order valence-corrected chi connectivity index (χ4v) is 1.37. The van der Waals surface area contributed by atoms with Crippen LogP contribution in [0, 0.1) is 0 Å². The smallest absolute Gasteiger partial charge is 0.416 e. The average molecular weight is 301 g/mol. The number of ether oxygens (including phenoxy) is 1. The second-order valence-corrected chi connectivity index (χ2v) is 4.05. The maximum absolute atomic E-state index is 12.5. The minimum atomic E-state index is -4.49. The molecular weight excluding hydrogens is 287 g/mol. The summed E-state index contributed by atoms with van der Waals surface area (Å²) in [6.07, 6.45) is -1.10. The molecule has 0 fully saturated rings. The average Bonchev–Trinajstić information content (AvgIpc) is 2.42. The van der Waals surface area contributed by atoms with Gasteiger partial charge in [0.05, 0.1) is 5.56 Å². The molecule has 0 spiro atoms. The fraction of sp³-hybridized carbons (Fsp3) is 0.286. The number of allylic oxidation sites excluding steroid dienone is 1. The molecule has 1 aromatic rings. The molecule has 7 heteroatoms. The predicted molar refractivity (Wildman–Crippen MR) is 70.5 cm³/mol. The number of hydrogen-bond donors (Lipinski definition) is 1. The molecular formula is C14H14F3NO3. The Hall–Kier alpha value is -2.31. The lowest BCUT2D eigenvalue weighted by Crippen LogP contribution is -2.20. The lowest BCUT2D eigenvalue weighted by molar-refractivity contribution is -0.142. The van der Waals surface area contributed by atoms with Gasteiger partial charge in [-0.05, 0) is 24.6 Å². The Morgan fingerprint density at radius 1 is 1.33 bits per heavy atom. The molecule has 1 aromatic carbocycles. The van der Waals surface area contributed by atoms with Crippen molar-refractivity contribution in [1.29, 1.82) is 0 Å². The van der Waals surface area contributed by atoms with Crippen molar-refractivity contribution in [3.05, 3.63) is 42.0 Å². The molecule has 0 aliphatic rings. The minimum Gasteiger partial charge on any atom is -0.452 e. The van der Waals surface area contributed by atoms with Crippen LogP contribution in [-0.2, 0) is 20.5 Å². The number of alkyl halides is 3. The minimum absolute atomic E-state index is 0.0185. The van der Waals surface area contributed by atoms with E-state index in [0.717, 1.165) is 12.1 Å². The van der Waals surface area contributed by atoms with Gasteiger partial charge in [0.15, 0.2) is 6.61 Å². The number of hydrogen-bond acceptors (Lipinski definition) is 3. The fourth-order valence-electron chi connectivity index (χ4n) is 1.37. The van der Waals surface area contributed by atoms with E-state index in [2.05, 4.69) is 10.1 Å². The Labute approximate surface area is 119 Å². The summed E-state index contributed by atoms with van der Waals surface area (Å²) in [5.41, 5.74) is -0.891. The summed E-state index contributed by atoms with van der Waals surface area (Å²) >= 11 is 0.